The molecular formula is C9H18N2O2S. The van der Waals surface area contributed by atoms with Gasteiger partial charge in [-0.25, -0.2) is 5.84 Å². The van der Waals surface area contributed by atoms with Gasteiger partial charge in [-0.15, -0.1) is 0 Å². The fourth-order valence-electron chi connectivity index (χ4n) is 1.40. The highest BCUT2D eigenvalue weighted by Crippen LogP contribution is 2.17. The SMILES string of the molecule is NNC(=O)CCCSCC1CCCO1. The van der Waals surface area contributed by atoms with Gasteiger partial charge in [-0.2, -0.15) is 11.8 Å². The lowest BCUT2D eigenvalue weighted by molar-refractivity contribution is -0.121. The van der Waals surface area contributed by atoms with Crippen LogP contribution in [0.15, 0.2) is 0 Å². The highest BCUT2D eigenvalue weighted by Gasteiger charge is 2.14. The minimum atomic E-state index is -0.0808. The van der Waals surface area contributed by atoms with Crippen LogP contribution >= 0.6 is 11.8 Å². The molecule has 1 atom stereocenters. The quantitative estimate of drug-likeness (QED) is 0.298. The Morgan fingerprint density at radius 1 is 1.64 bits per heavy atom. The lowest BCUT2D eigenvalue weighted by Crippen LogP contribution is -2.29. The van der Waals surface area contributed by atoms with Gasteiger partial charge in [-0.1, -0.05) is 0 Å². The van der Waals surface area contributed by atoms with E-state index in [2.05, 4.69) is 5.43 Å². The zero-order chi connectivity index (χ0) is 10.2. The standard InChI is InChI=1S/C9H18N2O2S/c10-11-9(12)4-2-6-14-7-8-3-1-5-13-8/h8H,1-7,10H2,(H,11,12). The number of nitrogens with two attached hydrogens (primary N) is 1. The Labute approximate surface area is 88.9 Å². The third-order valence-corrected chi connectivity index (χ3v) is 3.37. The monoisotopic (exact) mass is 218 g/mol. The summed E-state index contributed by atoms with van der Waals surface area (Å²) in [4.78, 5) is 10.8. The van der Waals surface area contributed by atoms with Crippen LogP contribution in [0, 0.1) is 0 Å². The number of hydrogen-bond acceptors (Lipinski definition) is 4. The molecule has 1 unspecified atom stereocenters. The van der Waals surface area contributed by atoms with Crippen LogP contribution in [0.25, 0.3) is 0 Å². The maximum Gasteiger partial charge on any atom is 0.233 e. The Bertz CT molecular complexity index is 172. The van der Waals surface area contributed by atoms with Crippen molar-refractivity contribution in [3.8, 4) is 0 Å². The summed E-state index contributed by atoms with van der Waals surface area (Å²) in [5.41, 5.74) is 2.12. The first-order valence-electron chi connectivity index (χ1n) is 5.01. The molecule has 0 aliphatic carbocycles. The van der Waals surface area contributed by atoms with Crippen LogP contribution in [0.3, 0.4) is 0 Å². The highest BCUT2D eigenvalue weighted by atomic mass is 32.2. The summed E-state index contributed by atoms with van der Waals surface area (Å²) in [6.45, 7) is 0.917. The Morgan fingerprint density at radius 2 is 2.50 bits per heavy atom. The van der Waals surface area contributed by atoms with E-state index in [1.807, 2.05) is 11.8 Å². The number of carbonyl (C=O) groups is 1. The van der Waals surface area contributed by atoms with E-state index < -0.39 is 0 Å². The molecule has 82 valence electrons. The summed E-state index contributed by atoms with van der Waals surface area (Å²) >= 11 is 1.86. The van der Waals surface area contributed by atoms with E-state index in [0.29, 0.717) is 12.5 Å². The van der Waals surface area contributed by atoms with Gasteiger partial charge in [-0.3, -0.25) is 10.2 Å². The fourth-order valence-corrected chi connectivity index (χ4v) is 2.44. The molecule has 0 aromatic rings. The van der Waals surface area contributed by atoms with Crippen LogP contribution in [-0.2, 0) is 9.53 Å². The smallest absolute Gasteiger partial charge is 0.233 e. The molecule has 1 aliphatic heterocycles. The highest BCUT2D eigenvalue weighted by molar-refractivity contribution is 7.99. The number of nitrogens with one attached hydrogen (secondary N) is 1. The molecule has 1 saturated heterocycles. The molecule has 0 saturated carbocycles. The van der Waals surface area contributed by atoms with Crippen LogP contribution in [0.4, 0.5) is 0 Å². The van der Waals surface area contributed by atoms with E-state index in [-0.39, 0.29) is 5.91 Å². The minimum Gasteiger partial charge on any atom is -0.377 e. The molecule has 1 heterocycles. The Balaban J connectivity index is 1.86. The van der Waals surface area contributed by atoms with Crippen molar-refractivity contribution in [3.63, 3.8) is 0 Å². The van der Waals surface area contributed by atoms with Gasteiger partial charge >= 0.3 is 0 Å². The summed E-state index contributed by atoms with van der Waals surface area (Å²) in [5.74, 6) is 6.95. The number of amides is 1. The maximum absolute atomic E-state index is 10.8. The molecule has 4 nitrogen and oxygen atoms in total. The van der Waals surface area contributed by atoms with Crippen molar-refractivity contribution < 1.29 is 9.53 Å². The largest absolute Gasteiger partial charge is 0.377 e. The fraction of sp³-hybridized carbons (Fsp3) is 0.889. The van der Waals surface area contributed by atoms with E-state index in [4.69, 9.17) is 10.6 Å². The van der Waals surface area contributed by atoms with Gasteiger partial charge in [0.25, 0.3) is 0 Å². The van der Waals surface area contributed by atoms with Crippen LogP contribution < -0.4 is 11.3 Å². The molecular weight excluding hydrogens is 200 g/mol. The van der Waals surface area contributed by atoms with Crippen LogP contribution in [0.2, 0.25) is 0 Å². The van der Waals surface area contributed by atoms with Gasteiger partial charge in [-0.05, 0) is 25.0 Å². The van der Waals surface area contributed by atoms with Crippen LogP contribution in [0.5, 0.6) is 0 Å². The molecule has 1 fully saturated rings. The third kappa shape index (κ3) is 4.83. The van der Waals surface area contributed by atoms with Crippen molar-refractivity contribution in [2.45, 2.75) is 31.8 Å². The zero-order valence-electron chi connectivity index (χ0n) is 8.33. The Kier molecular flexibility index (Phi) is 5.98. The normalized spacial score (nSPS) is 21.1. The topological polar surface area (TPSA) is 64.3 Å². The Hall–Kier alpha value is -0.260. The molecule has 0 radical (unpaired) electrons. The average molecular weight is 218 g/mol. The first kappa shape index (κ1) is 11.8. The molecule has 3 N–H and O–H groups in total. The summed E-state index contributed by atoms with van der Waals surface area (Å²) < 4.78 is 5.48. The second kappa shape index (κ2) is 7.09. The molecule has 1 rings (SSSR count). The first-order valence-corrected chi connectivity index (χ1v) is 6.17. The van der Waals surface area contributed by atoms with Crippen molar-refractivity contribution in [1.82, 2.24) is 5.43 Å². The minimum absolute atomic E-state index is 0.0808. The van der Waals surface area contributed by atoms with E-state index in [9.17, 15) is 4.79 Å². The number of hydrazine groups is 1. The summed E-state index contributed by atoms with van der Waals surface area (Å²) in [7, 11) is 0. The lowest BCUT2D eigenvalue weighted by atomic mass is 10.3. The third-order valence-electron chi connectivity index (χ3n) is 2.18. The maximum atomic E-state index is 10.8. The number of thioether (sulfide) groups is 1. The van der Waals surface area contributed by atoms with Crippen molar-refractivity contribution in [1.29, 1.82) is 0 Å². The van der Waals surface area contributed by atoms with Gasteiger partial charge in [0.15, 0.2) is 0 Å². The zero-order valence-corrected chi connectivity index (χ0v) is 9.15. The van der Waals surface area contributed by atoms with E-state index in [1.54, 1.807) is 0 Å². The predicted molar refractivity (Wildman–Crippen MR) is 57.9 cm³/mol. The van der Waals surface area contributed by atoms with Gasteiger partial charge in [0.2, 0.25) is 5.91 Å². The molecule has 0 aromatic carbocycles. The lowest BCUT2D eigenvalue weighted by Gasteiger charge is -2.07. The van der Waals surface area contributed by atoms with Crippen LogP contribution in [0.1, 0.15) is 25.7 Å². The van der Waals surface area contributed by atoms with Crippen molar-refractivity contribution in [2.24, 2.45) is 5.84 Å². The first-order chi connectivity index (χ1) is 6.83. The summed E-state index contributed by atoms with van der Waals surface area (Å²) in [6.07, 6.45) is 4.25. The second-order valence-electron chi connectivity index (χ2n) is 3.38. The molecule has 0 bridgehead atoms. The molecule has 1 amide bonds. The molecule has 5 heteroatoms. The van der Waals surface area contributed by atoms with Crippen molar-refractivity contribution >= 4 is 17.7 Å². The van der Waals surface area contributed by atoms with Gasteiger partial charge in [0.05, 0.1) is 6.10 Å². The average Bonchev–Trinajstić information content (AvgIpc) is 2.69. The van der Waals surface area contributed by atoms with E-state index >= 15 is 0 Å². The van der Waals surface area contributed by atoms with Gasteiger partial charge < -0.3 is 4.74 Å². The molecule has 0 spiro atoms. The van der Waals surface area contributed by atoms with Crippen molar-refractivity contribution in [2.75, 3.05) is 18.1 Å². The predicted octanol–water partition coefficient (Wildman–Crippen LogP) is 0.669. The Morgan fingerprint density at radius 3 is 3.14 bits per heavy atom. The summed E-state index contributed by atoms with van der Waals surface area (Å²) in [5, 5.41) is 0. The number of rotatable bonds is 6. The van der Waals surface area contributed by atoms with Crippen LogP contribution in [-0.4, -0.2) is 30.1 Å². The van der Waals surface area contributed by atoms with Crippen molar-refractivity contribution in [3.05, 3.63) is 0 Å². The van der Waals surface area contributed by atoms with Gasteiger partial charge in [0, 0.05) is 18.8 Å². The number of ether oxygens (including phenoxy) is 1. The molecule has 0 aromatic heterocycles. The van der Waals surface area contributed by atoms with Gasteiger partial charge in [0.1, 0.15) is 0 Å². The molecule has 14 heavy (non-hydrogen) atoms. The number of carbonyl (C=O) groups excluding carboxylic acids is 1. The van der Waals surface area contributed by atoms with E-state index in [0.717, 1.165) is 24.5 Å². The summed E-state index contributed by atoms with van der Waals surface area (Å²) in [6, 6.07) is 0. The number of hydrogen-bond donors (Lipinski definition) is 2. The molecule has 1 aliphatic rings. The van der Waals surface area contributed by atoms with E-state index in [1.165, 1.54) is 12.8 Å². The second-order valence-corrected chi connectivity index (χ2v) is 4.53.